The molecule has 2 bridgehead atoms. The molecule has 2 nitrogen and oxygen atoms in total. The van der Waals surface area contributed by atoms with Gasteiger partial charge < -0.3 is 4.74 Å². The van der Waals surface area contributed by atoms with Crippen LogP contribution < -0.4 is 0 Å². The zero-order valence-electron chi connectivity index (χ0n) is 7.09. The van der Waals surface area contributed by atoms with Crippen LogP contribution in [0.15, 0.2) is 0 Å². The van der Waals surface area contributed by atoms with Gasteiger partial charge in [-0.1, -0.05) is 13.8 Å². The van der Waals surface area contributed by atoms with E-state index in [1.165, 1.54) is 0 Å². The molecule has 2 rings (SSSR count). The van der Waals surface area contributed by atoms with E-state index in [9.17, 15) is 4.79 Å². The first-order valence-electron chi connectivity index (χ1n) is 4.27. The van der Waals surface area contributed by atoms with Crippen molar-refractivity contribution in [3.63, 3.8) is 0 Å². The van der Waals surface area contributed by atoms with Gasteiger partial charge in [-0.3, -0.25) is 4.79 Å². The molecule has 2 fully saturated rings. The first-order chi connectivity index (χ1) is 5.08. The molecule has 62 valence electrons. The number of ether oxygens (including phenoxy) is 1. The van der Waals surface area contributed by atoms with Crippen molar-refractivity contribution in [1.82, 2.24) is 0 Å². The van der Waals surface area contributed by atoms with Crippen molar-refractivity contribution in [2.24, 2.45) is 11.3 Å². The van der Waals surface area contributed by atoms with Crippen LogP contribution >= 0.6 is 0 Å². The van der Waals surface area contributed by atoms with Crippen molar-refractivity contribution < 1.29 is 9.53 Å². The quantitative estimate of drug-likeness (QED) is 0.497. The molecule has 1 aliphatic heterocycles. The Bertz CT molecular complexity index is 196. The van der Waals surface area contributed by atoms with Crippen LogP contribution in [0.4, 0.5) is 0 Å². The summed E-state index contributed by atoms with van der Waals surface area (Å²) >= 11 is 0. The molecule has 2 aliphatic rings. The molecule has 1 aliphatic carbocycles. The second-order valence-corrected chi connectivity index (χ2v) is 4.44. The largest absolute Gasteiger partial charge is 0.462 e. The Hall–Kier alpha value is -0.530. The number of fused-ring (bicyclic) bond motifs is 2. The van der Waals surface area contributed by atoms with Crippen LogP contribution in [0.2, 0.25) is 0 Å². The average Bonchev–Trinajstić information content (AvgIpc) is 2.02. The van der Waals surface area contributed by atoms with E-state index in [1.54, 1.807) is 0 Å². The van der Waals surface area contributed by atoms with Crippen LogP contribution in [0.5, 0.6) is 0 Å². The summed E-state index contributed by atoms with van der Waals surface area (Å²) in [7, 11) is 0. The predicted octanol–water partition coefficient (Wildman–Crippen LogP) is 1.74. The first kappa shape index (κ1) is 7.14. The SMILES string of the molecule is CC1(C)C[C@H]2CC1CC(=O)O2. The van der Waals surface area contributed by atoms with Gasteiger partial charge in [-0.05, 0) is 24.2 Å². The Morgan fingerprint density at radius 3 is 2.91 bits per heavy atom. The standard InChI is InChI=1S/C9H14O2/c1-9(2)5-7-3-6(9)4-8(10)11-7/h6-7H,3-5H2,1-2H3/t6?,7-/m1/s1. The molecule has 1 saturated carbocycles. The molecule has 2 heteroatoms. The zero-order valence-corrected chi connectivity index (χ0v) is 7.09. The molecule has 0 spiro atoms. The van der Waals surface area contributed by atoms with Gasteiger partial charge in [0.15, 0.2) is 0 Å². The molecule has 11 heavy (non-hydrogen) atoms. The topological polar surface area (TPSA) is 26.3 Å². The lowest BCUT2D eigenvalue weighted by Crippen LogP contribution is -2.24. The predicted molar refractivity (Wildman–Crippen MR) is 41.0 cm³/mol. The highest BCUT2D eigenvalue weighted by Crippen LogP contribution is 2.48. The summed E-state index contributed by atoms with van der Waals surface area (Å²) in [6.45, 7) is 4.47. The maximum Gasteiger partial charge on any atom is 0.306 e. The highest BCUT2D eigenvalue weighted by Gasteiger charge is 2.46. The summed E-state index contributed by atoms with van der Waals surface area (Å²) in [6, 6.07) is 0. The van der Waals surface area contributed by atoms with E-state index in [0.29, 0.717) is 17.8 Å². The summed E-state index contributed by atoms with van der Waals surface area (Å²) < 4.78 is 5.17. The zero-order chi connectivity index (χ0) is 8.06. The van der Waals surface area contributed by atoms with Crippen molar-refractivity contribution >= 4 is 5.97 Å². The van der Waals surface area contributed by atoms with Gasteiger partial charge in [-0.2, -0.15) is 0 Å². The van der Waals surface area contributed by atoms with Gasteiger partial charge in [0, 0.05) is 6.42 Å². The highest BCUT2D eigenvalue weighted by atomic mass is 16.5. The Morgan fingerprint density at radius 2 is 2.27 bits per heavy atom. The normalized spacial score (nSPS) is 40.4. The van der Waals surface area contributed by atoms with Gasteiger partial charge in [-0.15, -0.1) is 0 Å². The lowest BCUT2D eigenvalue weighted by atomic mass is 9.80. The van der Waals surface area contributed by atoms with Crippen molar-refractivity contribution in [3.05, 3.63) is 0 Å². The minimum atomic E-state index is 0.0109. The summed E-state index contributed by atoms with van der Waals surface area (Å²) in [6.07, 6.45) is 3.03. The van der Waals surface area contributed by atoms with E-state index in [1.807, 2.05) is 0 Å². The molecule has 0 aromatic heterocycles. The van der Waals surface area contributed by atoms with Crippen LogP contribution in [0.3, 0.4) is 0 Å². The number of rotatable bonds is 0. The van der Waals surface area contributed by atoms with Gasteiger partial charge in [0.1, 0.15) is 6.10 Å². The maximum atomic E-state index is 11.0. The Balaban J connectivity index is 2.21. The van der Waals surface area contributed by atoms with Gasteiger partial charge >= 0.3 is 5.97 Å². The molecule has 2 atom stereocenters. The summed E-state index contributed by atoms with van der Waals surface area (Å²) in [5.41, 5.74) is 0.330. The fourth-order valence-electron chi connectivity index (χ4n) is 2.36. The molecular weight excluding hydrogens is 140 g/mol. The third kappa shape index (κ3) is 1.05. The molecule has 0 radical (unpaired) electrons. The second kappa shape index (κ2) is 1.99. The lowest BCUT2D eigenvalue weighted by molar-refractivity contribution is -0.153. The first-order valence-corrected chi connectivity index (χ1v) is 4.27. The molecule has 0 amide bonds. The molecule has 0 aromatic rings. The number of hydrogen-bond donors (Lipinski definition) is 0. The summed E-state index contributed by atoms with van der Waals surface area (Å²) in [5, 5.41) is 0. The lowest BCUT2D eigenvalue weighted by Gasteiger charge is -2.25. The molecule has 1 heterocycles. The van der Waals surface area contributed by atoms with Crippen LogP contribution in [-0.2, 0) is 9.53 Å². The van der Waals surface area contributed by atoms with E-state index in [0.717, 1.165) is 12.8 Å². The Labute approximate surface area is 66.9 Å². The number of hydrogen-bond acceptors (Lipinski definition) is 2. The average molecular weight is 154 g/mol. The highest BCUT2D eigenvalue weighted by molar-refractivity contribution is 5.71. The van der Waals surface area contributed by atoms with Crippen molar-refractivity contribution in [3.8, 4) is 0 Å². The Morgan fingerprint density at radius 1 is 1.55 bits per heavy atom. The second-order valence-electron chi connectivity index (χ2n) is 4.44. The van der Waals surface area contributed by atoms with E-state index >= 15 is 0 Å². The fourth-order valence-corrected chi connectivity index (χ4v) is 2.36. The van der Waals surface area contributed by atoms with Crippen LogP contribution in [-0.4, -0.2) is 12.1 Å². The van der Waals surface area contributed by atoms with Crippen LogP contribution in [0.1, 0.15) is 33.1 Å². The Kier molecular flexibility index (Phi) is 1.29. The van der Waals surface area contributed by atoms with Gasteiger partial charge in [0.25, 0.3) is 0 Å². The van der Waals surface area contributed by atoms with E-state index in [-0.39, 0.29) is 12.1 Å². The third-order valence-corrected chi connectivity index (χ3v) is 3.12. The van der Waals surface area contributed by atoms with E-state index < -0.39 is 0 Å². The minimum absolute atomic E-state index is 0.0109. The van der Waals surface area contributed by atoms with E-state index in [4.69, 9.17) is 4.74 Å². The molecule has 1 unspecified atom stereocenters. The maximum absolute atomic E-state index is 11.0. The van der Waals surface area contributed by atoms with Crippen molar-refractivity contribution in [2.75, 3.05) is 0 Å². The van der Waals surface area contributed by atoms with Crippen LogP contribution in [0.25, 0.3) is 0 Å². The number of esters is 1. The summed E-state index contributed by atoms with van der Waals surface area (Å²) in [4.78, 5) is 11.0. The van der Waals surface area contributed by atoms with E-state index in [2.05, 4.69) is 13.8 Å². The van der Waals surface area contributed by atoms with Crippen molar-refractivity contribution in [2.45, 2.75) is 39.2 Å². The van der Waals surface area contributed by atoms with Crippen molar-refractivity contribution in [1.29, 1.82) is 0 Å². The molecule has 0 aromatic carbocycles. The number of carbonyl (C=O) groups is 1. The smallest absolute Gasteiger partial charge is 0.306 e. The third-order valence-electron chi connectivity index (χ3n) is 3.12. The minimum Gasteiger partial charge on any atom is -0.462 e. The number of carbonyl (C=O) groups excluding carboxylic acids is 1. The monoisotopic (exact) mass is 154 g/mol. The molecule has 0 N–H and O–H groups in total. The fraction of sp³-hybridized carbons (Fsp3) is 0.889. The van der Waals surface area contributed by atoms with Crippen LogP contribution in [0, 0.1) is 11.3 Å². The van der Waals surface area contributed by atoms with Gasteiger partial charge in [0.05, 0.1) is 0 Å². The molecular formula is C9H14O2. The molecule has 1 saturated heterocycles. The van der Waals surface area contributed by atoms with Gasteiger partial charge in [0.2, 0.25) is 0 Å². The summed E-state index contributed by atoms with van der Waals surface area (Å²) in [5.74, 6) is 0.588. The van der Waals surface area contributed by atoms with Gasteiger partial charge in [-0.25, -0.2) is 0 Å².